The molecule has 3 rings (SSSR count). The third-order valence-electron chi connectivity index (χ3n) is 3.98. The van der Waals surface area contributed by atoms with Gasteiger partial charge in [0.1, 0.15) is 0 Å². The van der Waals surface area contributed by atoms with Gasteiger partial charge >= 0.3 is 0 Å². The molecular weight excluding hydrogens is 340 g/mol. The van der Waals surface area contributed by atoms with Gasteiger partial charge in [-0.25, -0.2) is 13.1 Å². The van der Waals surface area contributed by atoms with Gasteiger partial charge in [-0.15, -0.1) is 0 Å². The van der Waals surface area contributed by atoms with Crippen LogP contribution in [0.25, 0.3) is 0 Å². The molecule has 6 nitrogen and oxygen atoms in total. The van der Waals surface area contributed by atoms with E-state index in [-0.39, 0.29) is 23.5 Å². The minimum Gasteiger partial charge on any atom is -0.377 e. The predicted octanol–water partition coefficient (Wildman–Crippen LogP) is 2.40. The fourth-order valence-corrected chi connectivity index (χ4v) is 3.67. The van der Waals surface area contributed by atoms with Crippen LogP contribution in [0.1, 0.15) is 23.2 Å². The molecule has 0 aliphatic carbocycles. The first-order chi connectivity index (χ1) is 12.0. The highest BCUT2D eigenvalue weighted by molar-refractivity contribution is 7.89. The maximum absolute atomic E-state index is 12.3. The maximum Gasteiger partial charge on any atom is 0.255 e. The zero-order valence-corrected chi connectivity index (χ0v) is 14.5. The van der Waals surface area contributed by atoms with Gasteiger partial charge in [0.25, 0.3) is 5.91 Å². The molecule has 132 valence electrons. The van der Waals surface area contributed by atoms with E-state index in [1.165, 1.54) is 24.3 Å². The monoisotopic (exact) mass is 360 g/mol. The second-order valence-corrected chi connectivity index (χ2v) is 7.60. The number of amides is 1. The SMILES string of the molecule is O=C(Nc1ccccc1)c1ccc(S(=O)(=O)NC[C@@H]2CCCO2)cc1. The Labute approximate surface area is 147 Å². The summed E-state index contributed by atoms with van der Waals surface area (Å²) in [6.07, 6.45) is 1.75. The molecule has 0 bridgehead atoms. The number of anilines is 1. The number of carbonyl (C=O) groups excluding carboxylic acids is 1. The number of hydrogen-bond acceptors (Lipinski definition) is 4. The van der Waals surface area contributed by atoms with Crippen LogP contribution < -0.4 is 10.0 Å². The summed E-state index contributed by atoms with van der Waals surface area (Å²) in [5.74, 6) is -0.289. The van der Waals surface area contributed by atoms with Crippen molar-refractivity contribution in [1.82, 2.24) is 4.72 Å². The lowest BCUT2D eigenvalue weighted by molar-refractivity contribution is 0.102. The third kappa shape index (κ3) is 4.66. The van der Waals surface area contributed by atoms with Crippen molar-refractivity contribution in [2.75, 3.05) is 18.5 Å². The number of sulfonamides is 1. The molecule has 2 N–H and O–H groups in total. The van der Waals surface area contributed by atoms with E-state index in [2.05, 4.69) is 10.0 Å². The molecule has 2 aromatic carbocycles. The summed E-state index contributed by atoms with van der Waals surface area (Å²) >= 11 is 0. The Morgan fingerprint density at radius 3 is 2.44 bits per heavy atom. The predicted molar refractivity (Wildman–Crippen MR) is 95.0 cm³/mol. The average molecular weight is 360 g/mol. The van der Waals surface area contributed by atoms with E-state index in [0.717, 1.165) is 12.8 Å². The fourth-order valence-electron chi connectivity index (χ4n) is 2.60. The normalized spacial score (nSPS) is 17.4. The number of rotatable bonds is 6. The zero-order chi connectivity index (χ0) is 17.7. The van der Waals surface area contributed by atoms with Crippen LogP contribution in [0.5, 0.6) is 0 Å². The largest absolute Gasteiger partial charge is 0.377 e. The standard InChI is InChI=1S/C18H20N2O4S/c21-18(20-15-5-2-1-3-6-15)14-8-10-17(11-9-14)25(22,23)19-13-16-7-4-12-24-16/h1-3,5-6,8-11,16,19H,4,7,12-13H2,(H,20,21)/t16-/m0/s1. The van der Waals surface area contributed by atoms with E-state index in [1.807, 2.05) is 18.2 Å². The lowest BCUT2D eigenvalue weighted by atomic mass is 10.2. The Morgan fingerprint density at radius 1 is 1.08 bits per heavy atom. The molecule has 1 saturated heterocycles. The topological polar surface area (TPSA) is 84.5 Å². The van der Waals surface area contributed by atoms with Crippen LogP contribution in [0.15, 0.2) is 59.5 Å². The highest BCUT2D eigenvalue weighted by Gasteiger charge is 2.20. The number of ether oxygens (including phenoxy) is 1. The Balaban J connectivity index is 1.63. The maximum atomic E-state index is 12.3. The van der Waals surface area contributed by atoms with Gasteiger partial charge in [-0.05, 0) is 49.2 Å². The Morgan fingerprint density at radius 2 is 1.80 bits per heavy atom. The number of nitrogens with one attached hydrogen (secondary N) is 2. The molecule has 7 heteroatoms. The van der Waals surface area contributed by atoms with Gasteiger partial charge in [0.05, 0.1) is 11.0 Å². The first kappa shape index (κ1) is 17.6. The van der Waals surface area contributed by atoms with E-state index in [1.54, 1.807) is 12.1 Å². The van der Waals surface area contributed by atoms with Crippen LogP contribution in [-0.2, 0) is 14.8 Å². The third-order valence-corrected chi connectivity index (χ3v) is 5.42. The average Bonchev–Trinajstić information content (AvgIpc) is 3.15. The van der Waals surface area contributed by atoms with Crippen molar-refractivity contribution >= 4 is 21.6 Å². The van der Waals surface area contributed by atoms with E-state index < -0.39 is 10.0 Å². The number of carbonyl (C=O) groups is 1. The second kappa shape index (κ2) is 7.77. The molecular formula is C18H20N2O4S. The second-order valence-electron chi connectivity index (χ2n) is 5.83. The molecule has 1 atom stereocenters. The summed E-state index contributed by atoms with van der Waals surface area (Å²) in [6.45, 7) is 0.941. The lowest BCUT2D eigenvalue weighted by Crippen LogP contribution is -2.31. The fraction of sp³-hybridized carbons (Fsp3) is 0.278. The van der Waals surface area contributed by atoms with Gasteiger partial charge in [0.2, 0.25) is 10.0 Å². The molecule has 0 unspecified atom stereocenters. The molecule has 0 aromatic heterocycles. The van der Waals surface area contributed by atoms with Crippen molar-refractivity contribution < 1.29 is 17.9 Å². The first-order valence-electron chi connectivity index (χ1n) is 8.12. The zero-order valence-electron chi connectivity index (χ0n) is 13.6. The van der Waals surface area contributed by atoms with Crippen LogP contribution in [0.2, 0.25) is 0 Å². The van der Waals surface area contributed by atoms with Crippen LogP contribution in [0.4, 0.5) is 5.69 Å². The van der Waals surface area contributed by atoms with E-state index in [0.29, 0.717) is 17.9 Å². The van der Waals surface area contributed by atoms with Crippen molar-refractivity contribution in [3.05, 3.63) is 60.2 Å². The van der Waals surface area contributed by atoms with Crippen molar-refractivity contribution in [1.29, 1.82) is 0 Å². The Bertz CT molecular complexity index is 814. The van der Waals surface area contributed by atoms with Crippen molar-refractivity contribution in [2.45, 2.75) is 23.8 Å². The summed E-state index contributed by atoms with van der Waals surface area (Å²) in [4.78, 5) is 12.3. The van der Waals surface area contributed by atoms with Crippen LogP contribution in [0.3, 0.4) is 0 Å². The molecule has 25 heavy (non-hydrogen) atoms. The smallest absolute Gasteiger partial charge is 0.255 e. The minimum absolute atomic E-state index is 0.0642. The quantitative estimate of drug-likeness (QED) is 0.828. The van der Waals surface area contributed by atoms with Gasteiger partial charge in [-0.1, -0.05) is 18.2 Å². The van der Waals surface area contributed by atoms with Crippen LogP contribution in [0, 0.1) is 0 Å². The molecule has 1 amide bonds. The summed E-state index contributed by atoms with van der Waals surface area (Å²) in [5.41, 5.74) is 1.07. The molecule has 1 aliphatic heterocycles. The highest BCUT2D eigenvalue weighted by Crippen LogP contribution is 2.15. The number of hydrogen-bond donors (Lipinski definition) is 2. The van der Waals surface area contributed by atoms with Crippen molar-refractivity contribution in [2.24, 2.45) is 0 Å². The number of para-hydroxylation sites is 1. The van der Waals surface area contributed by atoms with E-state index >= 15 is 0 Å². The number of benzene rings is 2. The molecule has 0 saturated carbocycles. The van der Waals surface area contributed by atoms with Gasteiger partial charge in [0.15, 0.2) is 0 Å². The van der Waals surface area contributed by atoms with Gasteiger partial charge in [-0.3, -0.25) is 4.79 Å². The summed E-state index contributed by atoms with van der Waals surface area (Å²) in [7, 11) is -3.61. The summed E-state index contributed by atoms with van der Waals surface area (Å²) in [6, 6.07) is 14.9. The lowest BCUT2D eigenvalue weighted by Gasteiger charge is -2.11. The molecule has 2 aromatic rings. The Kier molecular flexibility index (Phi) is 5.47. The van der Waals surface area contributed by atoms with Crippen LogP contribution in [-0.4, -0.2) is 33.6 Å². The van der Waals surface area contributed by atoms with Crippen LogP contribution >= 0.6 is 0 Å². The van der Waals surface area contributed by atoms with E-state index in [9.17, 15) is 13.2 Å². The highest BCUT2D eigenvalue weighted by atomic mass is 32.2. The van der Waals surface area contributed by atoms with Crippen molar-refractivity contribution in [3.63, 3.8) is 0 Å². The molecule has 1 heterocycles. The summed E-state index contributed by atoms with van der Waals surface area (Å²) in [5, 5.41) is 2.76. The Hall–Kier alpha value is -2.22. The first-order valence-corrected chi connectivity index (χ1v) is 9.61. The summed E-state index contributed by atoms with van der Waals surface area (Å²) < 4.78 is 32.6. The van der Waals surface area contributed by atoms with Crippen molar-refractivity contribution in [3.8, 4) is 0 Å². The van der Waals surface area contributed by atoms with Gasteiger partial charge < -0.3 is 10.1 Å². The van der Waals surface area contributed by atoms with Gasteiger partial charge in [-0.2, -0.15) is 0 Å². The van der Waals surface area contributed by atoms with E-state index in [4.69, 9.17) is 4.74 Å². The molecule has 1 fully saturated rings. The van der Waals surface area contributed by atoms with Gasteiger partial charge in [0, 0.05) is 24.4 Å². The molecule has 0 radical (unpaired) electrons. The molecule has 1 aliphatic rings. The minimum atomic E-state index is -3.61. The molecule has 0 spiro atoms.